The Kier molecular flexibility index (Phi) is 5.37. The number of aliphatic hydroxyl groups excluding tert-OH is 1. The predicted octanol–water partition coefficient (Wildman–Crippen LogP) is 3.70. The number of hydrogen-bond donors (Lipinski definition) is 2. The zero-order valence-electron chi connectivity index (χ0n) is 16.3. The van der Waals surface area contributed by atoms with Gasteiger partial charge in [0, 0.05) is 5.02 Å². The topological polar surface area (TPSA) is 78.9 Å². The highest BCUT2D eigenvalue weighted by Gasteiger charge is 2.49. The summed E-state index contributed by atoms with van der Waals surface area (Å²) in [6.07, 6.45) is -1.03. The molecule has 1 aliphatic heterocycles. The number of halogens is 1. The average molecular weight is 425 g/mol. The SMILES string of the molecule is CC1(c2ccc3ccccc3c2)NC(=O)N(CC(O)COc2ccc(Cl)cc2)C1=O. The average Bonchev–Trinajstić information content (AvgIpc) is 2.97. The number of hydrogen-bond acceptors (Lipinski definition) is 4. The highest BCUT2D eigenvalue weighted by Crippen LogP contribution is 2.31. The van der Waals surface area contributed by atoms with E-state index >= 15 is 0 Å². The van der Waals surface area contributed by atoms with E-state index in [1.54, 1.807) is 31.2 Å². The van der Waals surface area contributed by atoms with Gasteiger partial charge in [-0.3, -0.25) is 9.69 Å². The van der Waals surface area contributed by atoms with Gasteiger partial charge in [-0.25, -0.2) is 4.79 Å². The quantitative estimate of drug-likeness (QED) is 0.591. The number of carbonyl (C=O) groups excluding carboxylic acids is 2. The predicted molar refractivity (Wildman–Crippen MR) is 114 cm³/mol. The highest BCUT2D eigenvalue weighted by molar-refractivity contribution is 6.30. The summed E-state index contributed by atoms with van der Waals surface area (Å²) in [5.74, 6) is 0.130. The van der Waals surface area contributed by atoms with Gasteiger partial charge in [0.05, 0.1) is 6.54 Å². The molecular formula is C23H21ClN2O4. The van der Waals surface area contributed by atoms with Crippen LogP contribution in [0.3, 0.4) is 0 Å². The third-order valence-corrected chi connectivity index (χ3v) is 5.50. The summed E-state index contributed by atoms with van der Waals surface area (Å²) in [6.45, 7) is 1.45. The molecule has 30 heavy (non-hydrogen) atoms. The first-order valence-corrected chi connectivity index (χ1v) is 9.94. The third-order valence-electron chi connectivity index (χ3n) is 5.25. The number of carbonyl (C=O) groups is 2. The van der Waals surface area contributed by atoms with Gasteiger partial charge in [-0.1, -0.05) is 48.0 Å². The Morgan fingerprint density at radius 3 is 2.50 bits per heavy atom. The van der Waals surface area contributed by atoms with Crippen LogP contribution < -0.4 is 10.1 Å². The number of amides is 3. The molecule has 0 saturated carbocycles. The molecule has 1 aliphatic rings. The van der Waals surface area contributed by atoms with Crippen LogP contribution in [0.5, 0.6) is 5.75 Å². The van der Waals surface area contributed by atoms with E-state index < -0.39 is 23.6 Å². The third kappa shape index (κ3) is 3.84. The van der Waals surface area contributed by atoms with Crippen LogP contribution in [0.25, 0.3) is 10.8 Å². The van der Waals surface area contributed by atoms with Gasteiger partial charge in [0.15, 0.2) is 0 Å². The molecule has 6 nitrogen and oxygen atoms in total. The van der Waals surface area contributed by atoms with Gasteiger partial charge in [-0.05, 0) is 53.6 Å². The van der Waals surface area contributed by atoms with E-state index in [1.807, 2.05) is 42.5 Å². The van der Waals surface area contributed by atoms with Gasteiger partial charge >= 0.3 is 6.03 Å². The molecule has 0 spiro atoms. The summed E-state index contributed by atoms with van der Waals surface area (Å²) in [7, 11) is 0. The molecule has 154 valence electrons. The minimum Gasteiger partial charge on any atom is -0.491 e. The summed E-state index contributed by atoms with van der Waals surface area (Å²) in [6, 6.07) is 19.6. The first-order valence-electron chi connectivity index (χ1n) is 9.56. The van der Waals surface area contributed by atoms with Crippen molar-refractivity contribution in [2.24, 2.45) is 0 Å². The van der Waals surface area contributed by atoms with Gasteiger partial charge in [-0.2, -0.15) is 0 Å². The number of aliphatic hydroxyl groups is 1. The molecule has 3 aromatic carbocycles. The van der Waals surface area contributed by atoms with Crippen LogP contribution in [0.1, 0.15) is 12.5 Å². The fourth-order valence-corrected chi connectivity index (χ4v) is 3.67. The number of urea groups is 1. The fraction of sp³-hybridized carbons (Fsp3) is 0.217. The first kappa shape index (κ1) is 20.2. The second kappa shape index (κ2) is 7.97. The second-order valence-electron chi connectivity index (χ2n) is 7.45. The van der Waals surface area contributed by atoms with Gasteiger partial charge in [0.25, 0.3) is 5.91 Å². The second-order valence-corrected chi connectivity index (χ2v) is 7.89. The number of β-amino-alcohol motifs (C(OH)–C–C–N with tert-alkyl or cyclic N) is 1. The number of rotatable bonds is 6. The molecule has 4 rings (SSSR count). The summed E-state index contributed by atoms with van der Waals surface area (Å²) < 4.78 is 5.51. The molecule has 0 bridgehead atoms. The van der Waals surface area contributed by atoms with Crippen molar-refractivity contribution in [3.05, 3.63) is 77.3 Å². The molecule has 2 atom stereocenters. The van der Waals surface area contributed by atoms with Gasteiger partial charge in [-0.15, -0.1) is 0 Å². The van der Waals surface area contributed by atoms with Crippen molar-refractivity contribution in [3.8, 4) is 5.75 Å². The highest BCUT2D eigenvalue weighted by atomic mass is 35.5. The number of fused-ring (bicyclic) bond motifs is 1. The Morgan fingerprint density at radius 2 is 1.77 bits per heavy atom. The van der Waals surface area contributed by atoms with Crippen LogP contribution in [0.15, 0.2) is 66.7 Å². The molecule has 3 aromatic rings. The van der Waals surface area contributed by atoms with Crippen molar-refractivity contribution < 1.29 is 19.4 Å². The number of nitrogens with one attached hydrogen (secondary N) is 1. The molecule has 1 heterocycles. The lowest BCUT2D eigenvalue weighted by Gasteiger charge is -2.23. The Labute approximate surface area is 179 Å². The molecule has 7 heteroatoms. The molecule has 0 aromatic heterocycles. The standard InChI is InChI=1S/C23H21ClN2O4/c1-23(17-7-6-15-4-2-3-5-16(15)12-17)21(28)26(22(29)25-23)13-19(27)14-30-20-10-8-18(24)9-11-20/h2-12,19,27H,13-14H2,1H3,(H,25,29). The number of nitrogens with zero attached hydrogens (tertiary/aromatic N) is 1. The first-order chi connectivity index (χ1) is 14.4. The van der Waals surface area contributed by atoms with Crippen LogP contribution >= 0.6 is 11.6 Å². The van der Waals surface area contributed by atoms with Crippen LogP contribution in [0.2, 0.25) is 5.02 Å². The normalized spacial score (nSPS) is 19.8. The van der Waals surface area contributed by atoms with Crippen molar-refractivity contribution in [2.75, 3.05) is 13.2 Å². The smallest absolute Gasteiger partial charge is 0.325 e. The molecule has 0 aliphatic carbocycles. The van der Waals surface area contributed by atoms with Crippen molar-refractivity contribution in [2.45, 2.75) is 18.6 Å². The van der Waals surface area contributed by atoms with E-state index in [1.165, 1.54) is 0 Å². The van der Waals surface area contributed by atoms with E-state index in [-0.39, 0.29) is 13.2 Å². The van der Waals surface area contributed by atoms with E-state index in [4.69, 9.17) is 16.3 Å². The Bertz CT molecular complexity index is 1100. The largest absolute Gasteiger partial charge is 0.491 e. The molecule has 1 saturated heterocycles. The number of ether oxygens (including phenoxy) is 1. The van der Waals surface area contributed by atoms with E-state index in [0.29, 0.717) is 16.3 Å². The van der Waals surface area contributed by atoms with Crippen molar-refractivity contribution >= 4 is 34.3 Å². The lowest BCUT2D eigenvalue weighted by Crippen LogP contribution is -2.42. The minimum absolute atomic E-state index is 0.0641. The van der Waals surface area contributed by atoms with Crippen molar-refractivity contribution in [1.29, 1.82) is 0 Å². The van der Waals surface area contributed by atoms with E-state index in [9.17, 15) is 14.7 Å². The Balaban J connectivity index is 1.46. The van der Waals surface area contributed by atoms with Crippen molar-refractivity contribution in [3.63, 3.8) is 0 Å². The maximum Gasteiger partial charge on any atom is 0.325 e. The molecule has 2 unspecified atom stereocenters. The lowest BCUT2D eigenvalue weighted by molar-refractivity contribution is -0.132. The molecule has 2 N–H and O–H groups in total. The maximum absolute atomic E-state index is 13.1. The lowest BCUT2D eigenvalue weighted by atomic mass is 9.90. The maximum atomic E-state index is 13.1. The summed E-state index contributed by atoms with van der Waals surface area (Å²) in [5.41, 5.74) is -0.508. The molecule has 0 radical (unpaired) electrons. The molecule has 1 fully saturated rings. The Hall–Kier alpha value is -3.09. The fourth-order valence-electron chi connectivity index (χ4n) is 3.55. The summed E-state index contributed by atoms with van der Waals surface area (Å²) >= 11 is 5.84. The van der Waals surface area contributed by atoms with Crippen LogP contribution in [0.4, 0.5) is 4.79 Å². The molecule has 3 amide bonds. The summed E-state index contributed by atoms with van der Waals surface area (Å²) in [4.78, 5) is 26.6. The van der Waals surface area contributed by atoms with E-state index in [2.05, 4.69) is 5.32 Å². The monoisotopic (exact) mass is 424 g/mol. The van der Waals surface area contributed by atoms with Crippen LogP contribution in [0, 0.1) is 0 Å². The number of imide groups is 1. The van der Waals surface area contributed by atoms with Gasteiger partial charge in [0.1, 0.15) is 24.0 Å². The zero-order valence-corrected chi connectivity index (χ0v) is 17.1. The Morgan fingerprint density at radius 1 is 1.07 bits per heavy atom. The van der Waals surface area contributed by atoms with Crippen molar-refractivity contribution in [1.82, 2.24) is 10.2 Å². The number of benzene rings is 3. The van der Waals surface area contributed by atoms with Crippen LogP contribution in [-0.4, -0.2) is 41.2 Å². The van der Waals surface area contributed by atoms with Crippen LogP contribution in [-0.2, 0) is 10.3 Å². The zero-order chi connectivity index (χ0) is 21.3. The van der Waals surface area contributed by atoms with Gasteiger partial charge in [0.2, 0.25) is 0 Å². The minimum atomic E-state index is -1.20. The summed E-state index contributed by atoms with van der Waals surface area (Å²) in [5, 5.41) is 15.7. The molecular weight excluding hydrogens is 404 g/mol. The van der Waals surface area contributed by atoms with E-state index in [0.717, 1.165) is 15.7 Å². The van der Waals surface area contributed by atoms with Gasteiger partial charge < -0.3 is 15.2 Å².